The van der Waals surface area contributed by atoms with E-state index in [1.165, 1.54) is 11.3 Å². The lowest BCUT2D eigenvalue weighted by Crippen LogP contribution is -2.01. The Morgan fingerprint density at radius 2 is 1.94 bits per heavy atom. The molecule has 2 N–H and O–H groups in total. The predicted molar refractivity (Wildman–Crippen MR) is 74.0 cm³/mol. The third kappa shape index (κ3) is 2.21. The summed E-state index contributed by atoms with van der Waals surface area (Å²) >= 11 is 8.15. The summed E-state index contributed by atoms with van der Waals surface area (Å²) in [5.74, 6) is -0.00572. The van der Waals surface area contributed by atoms with Crippen molar-refractivity contribution in [2.75, 3.05) is 5.73 Å². The third-order valence-electron chi connectivity index (χ3n) is 2.12. The van der Waals surface area contributed by atoms with Crippen LogP contribution in [-0.2, 0) is 0 Å². The van der Waals surface area contributed by atoms with Gasteiger partial charge in [0.1, 0.15) is 0 Å². The molecule has 1 aromatic carbocycles. The van der Waals surface area contributed by atoms with Crippen molar-refractivity contribution in [3.05, 3.63) is 49.0 Å². The minimum Gasteiger partial charge on any atom is -0.398 e. The van der Waals surface area contributed by atoms with E-state index in [-0.39, 0.29) is 5.78 Å². The number of hydrogen-bond acceptors (Lipinski definition) is 3. The van der Waals surface area contributed by atoms with E-state index in [1.54, 1.807) is 18.2 Å². The molecule has 0 radical (unpaired) electrons. The van der Waals surface area contributed by atoms with Gasteiger partial charge >= 0.3 is 0 Å². The molecule has 0 saturated carbocycles. The lowest BCUT2D eigenvalue weighted by atomic mass is 10.1. The van der Waals surface area contributed by atoms with E-state index in [2.05, 4.69) is 31.9 Å². The van der Waals surface area contributed by atoms with Crippen molar-refractivity contribution in [1.82, 2.24) is 0 Å². The number of carbonyl (C=O) groups excluding carboxylic acids is 1. The van der Waals surface area contributed by atoms with Gasteiger partial charge in [0.2, 0.25) is 0 Å². The van der Waals surface area contributed by atoms with Gasteiger partial charge in [0, 0.05) is 36.5 Å². The maximum atomic E-state index is 12.1. The van der Waals surface area contributed by atoms with Gasteiger partial charge in [-0.3, -0.25) is 4.79 Å². The van der Waals surface area contributed by atoms with Gasteiger partial charge in [0.05, 0.1) is 0 Å². The van der Waals surface area contributed by atoms with Crippen molar-refractivity contribution >= 4 is 54.7 Å². The van der Waals surface area contributed by atoms with Crippen molar-refractivity contribution in [2.45, 2.75) is 0 Å². The Hall–Kier alpha value is -0.650. The predicted octanol–water partition coefficient (Wildman–Crippen LogP) is 4.09. The van der Waals surface area contributed by atoms with Crippen LogP contribution in [-0.4, -0.2) is 5.78 Å². The zero-order valence-electron chi connectivity index (χ0n) is 8.04. The molecule has 2 nitrogen and oxygen atoms in total. The molecule has 0 aliphatic heterocycles. The molecule has 1 aromatic heterocycles. The fourth-order valence-corrected chi connectivity index (χ4v) is 3.10. The Labute approximate surface area is 114 Å². The van der Waals surface area contributed by atoms with Crippen LogP contribution in [0.3, 0.4) is 0 Å². The van der Waals surface area contributed by atoms with Crippen LogP contribution in [0.25, 0.3) is 0 Å². The first kappa shape index (κ1) is 11.8. The lowest BCUT2D eigenvalue weighted by Gasteiger charge is -2.02. The Morgan fingerprint density at radius 1 is 1.19 bits per heavy atom. The van der Waals surface area contributed by atoms with Crippen LogP contribution in [0.5, 0.6) is 0 Å². The summed E-state index contributed by atoms with van der Waals surface area (Å²) < 4.78 is 1.57. The molecule has 0 aliphatic rings. The van der Waals surface area contributed by atoms with Gasteiger partial charge in [-0.15, -0.1) is 0 Å². The van der Waals surface area contributed by atoms with Crippen LogP contribution in [0.4, 0.5) is 5.69 Å². The maximum absolute atomic E-state index is 12.1. The summed E-state index contributed by atoms with van der Waals surface area (Å²) in [6.07, 6.45) is 0. The van der Waals surface area contributed by atoms with Crippen LogP contribution >= 0.6 is 43.2 Å². The van der Waals surface area contributed by atoms with Crippen molar-refractivity contribution < 1.29 is 4.79 Å². The number of carbonyl (C=O) groups is 1. The van der Waals surface area contributed by atoms with Crippen LogP contribution in [0.1, 0.15) is 15.9 Å². The number of benzene rings is 1. The molecule has 0 atom stereocenters. The zero-order valence-corrected chi connectivity index (χ0v) is 12.0. The second-order valence-corrected chi connectivity index (χ2v) is 5.65. The molecule has 0 saturated heterocycles. The Kier molecular flexibility index (Phi) is 3.47. The van der Waals surface area contributed by atoms with Crippen molar-refractivity contribution in [3.63, 3.8) is 0 Å². The fraction of sp³-hybridized carbons (Fsp3) is 0. The van der Waals surface area contributed by atoms with Crippen molar-refractivity contribution in [3.8, 4) is 0 Å². The number of nitrogen functional groups attached to an aromatic ring is 1. The summed E-state index contributed by atoms with van der Waals surface area (Å²) in [6, 6.07) is 5.19. The highest BCUT2D eigenvalue weighted by atomic mass is 79.9. The highest BCUT2D eigenvalue weighted by Crippen LogP contribution is 2.26. The Balaban J connectivity index is 2.42. The van der Waals surface area contributed by atoms with Gasteiger partial charge in [-0.25, -0.2) is 0 Å². The summed E-state index contributed by atoms with van der Waals surface area (Å²) in [5.41, 5.74) is 7.61. The normalized spacial score (nSPS) is 10.4. The number of hydrogen-bond donors (Lipinski definition) is 1. The molecule has 0 aliphatic carbocycles. The summed E-state index contributed by atoms with van der Waals surface area (Å²) in [4.78, 5) is 12.1. The molecule has 82 valence electrons. The van der Waals surface area contributed by atoms with E-state index in [0.717, 1.165) is 8.95 Å². The fourth-order valence-electron chi connectivity index (χ4n) is 1.27. The molecule has 1 heterocycles. The molecule has 2 aromatic rings. The quantitative estimate of drug-likeness (QED) is 0.647. The summed E-state index contributed by atoms with van der Waals surface area (Å²) in [7, 11) is 0. The largest absolute Gasteiger partial charge is 0.398 e. The lowest BCUT2D eigenvalue weighted by molar-refractivity contribution is 0.103. The van der Waals surface area contributed by atoms with E-state index in [9.17, 15) is 4.79 Å². The molecular formula is C11H7Br2NOS. The zero-order chi connectivity index (χ0) is 11.7. The molecule has 16 heavy (non-hydrogen) atoms. The summed E-state index contributed by atoms with van der Waals surface area (Å²) in [6.45, 7) is 0. The molecule has 0 amide bonds. The average molecular weight is 361 g/mol. The van der Waals surface area contributed by atoms with Crippen molar-refractivity contribution in [2.24, 2.45) is 0 Å². The Bertz CT molecular complexity index is 551. The van der Waals surface area contributed by atoms with Crippen LogP contribution < -0.4 is 5.73 Å². The first-order valence-electron chi connectivity index (χ1n) is 4.41. The molecule has 0 fully saturated rings. The van der Waals surface area contributed by atoms with Crippen LogP contribution in [0, 0.1) is 0 Å². The Morgan fingerprint density at radius 3 is 2.50 bits per heavy atom. The highest BCUT2D eigenvalue weighted by molar-refractivity contribution is 9.11. The van der Waals surface area contributed by atoms with Crippen LogP contribution in [0.2, 0.25) is 0 Å². The van der Waals surface area contributed by atoms with Gasteiger partial charge in [-0.1, -0.05) is 0 Å². The standard InChI is InChI=1S/C11H7Br2NOS/c12-8-3-6(1-2-10(8)14)11(15)7-4-16-5-9(7)13/h1-5H,14H2. The average Bonchev–Trinajstić information content (AvgIpc) is 2.67. The van der Waals surface area contributed by atoms with E-state index < -0.39 is 0 Å². The monoisotopic (exact) mass is 359 g/mol. The van der Waals surface area contributed by atoms with Crippen molar-refractivity contribution in [1.29, 1.82) is 0 Å². The number of anilines is 1. The van der Waals surface area contributed by atoms with Gasteiger partial charge in [0.15, 0.2) is 5.78 Å². The van der Waals surface area contributed by atoms with Gasteiger partial charge in [0.25, 0.3) is 0 Å². The SMILES string of the molecule is Nc1ccc(C(=O)c2cscc2Br)cc1Br. The molecule has 2 rings (SSSR count). The van der Waals surface area contributed by atoms with Gasteiger partial charge in [-0.05, 0) is 50.1 Å². The first-order chi connectivity index (χ1) is 7.59. The number of ketones is 1. The second-order valence-electron chi connectivity index (χ2n) is 3.20. The van der Waals surface area contributed by atoms with E-state index in [4.69, 9.17) is 5.73 Å². The van der Waals surface area contributed by atoms with E-state index in [0.29, 0.717) is 16.8 Å². The maximum Gasteiger partial charge on any atom is 0.195 e. The smallest absolute Gasteiger partial charge is 0.195 e. The topological polar surface area (TPSA) is 43.1 Å². The van der Waals surface area contributed by atoms with Gasteiger partial charge < -0.3 is 5.73 Å². The molecular weight excluding hydrogens is 354 g/mol. The molecule has 5 heteroatoms. The minimum atomic E-state index is -0.00572. The molecule has 0 spiro atoms. The highest BCUT2D eigenvalue weighted by Gasteiger charge is 2.14. The number of nitrogens with two attached hydrogens (primary N) is 1. The second kappa shape index (κ2) is 4.69. The van der Waals surface area contributed by atoms with Crippen LogP contribution in [0.15, 0.2) is 37.9 Å². The van der Waals surface area contributed by atoms with E-state index >= 15 is 0 Å². The number of rotatable bonds is 2. The third-order valence-corrected chi connectivity index (χ3v) is 4.51. The minimum absolute atomic E-state index is 0.00572. The van der Waals surface area contributed by atoms with E-state index in [1.807, 2.05) is 10.8 Å². The first-order valence-corrected chi connectivity index (χ1v) is 6.94. The molecule has 0 bridgehead atoms. The molecule has 0 unspecified atom stereocenters. The summed E-state index contributed by atoms with van der Waals surface area (Å²) in [5, 5.41) is 3.72. The number of thiophene rings is 1. The van der Waals surface area contributed by atoms with Gasteiger partial charge in [-0.2, -0.15) is 11.3 Å². The number of halogens is 2.